The summed E-state index contributed by atoms with van der Waals surface area (Å²) >= 11 is 0. The Bertz CT molecular complexity index is 823. The number of ether oxygens (including phenoxy) is 1. The summed E-state index contributed by atoms with van der Waals surface area (Å²) in [5, 5.41) is 2.80. The number of nitrogens with one attached hydrogen (secondary N) is 1. The summed E-state index contributed by atoms with van der Waals surface area (Å²) in [5.74, 6) is -0.141. The van der Waals surface area contributed by atoms with Gasteiger partial charge < -0.3 is 15.0 Å². The summed E-state index contributed by atoms with van der Waals surface area (Å²) in [4.78, 5) is 28.1. The Kier molecular flexibility index (Phi) is 8.73. The first-order chi connectivity index (χ1) is 14.3. The fourth-order valence-electron chi connectivity index (χ4n) is 2.98. The van der Waals surface area contributed by atoms with E-state index < -0.39 is 6.61 Å². The lowest BCUT2D eigenvalue weighted by Crippen LogP contribution is -2.30. The Labute approximate surface area is 175 Å². The molecule has 2 rings (SSSR count). The van der Waals surface area contributed by atoms with Crippen molar-refractivity contribution >= 4 is 17.5 Å². The van der Waals surface area contributed by atoms with E-state index in [1.165, 1.54) is 12.1 Å². The first kappa shape index (κ1) is 23.3. The highest BCUT2D eigenvalue weighted by molar-refractivity contribution is 5.96. The fourth-order valence-corrected chi connectivity index (χ4v) is 2.98. The summed E-state index contributed by atoms with van der Waals surface area (Å²) in [6.07, 6.45) is 0. The molecule has 6 nitrogen and oxygen atoms in total. The molecule has 2 amide bonds. The maximum atomic E-state index is 12.3. The van der Waals surface area contributed by atoms with Gasteiger partial charge in [0.05, 0.1) is 6.54 Å². The summed E-state index contributed by atoms with van der Waals surface area (Å²) in [6, 6.07) is 13.1. The van der Waals surface area contributed by atoms with Crippen LogP contribution in [0.4, 0.5) is 14.5 Å². The number of halogens is 2. The van der Waals surface area contributed by atoms with Gasteiger partial charge in [-0.05, 0) is 62.9 Å². The van der Waals surface area contributed by atoms with Crippen molar-refractivity contribution in [3.63, 3.8) is 0 Å². The monoisotopic (exact) mass is 419 g/mol. The molecule has 30 heavy (non-hydrogen) atoms. The lowest BCUT2D eigenvalue weighted by Gasteiger charge is -2.19. The van der Waals surface area contributed by atoms with Crippen molar-refractivity contribution in [3.8, 4) is 5.75 Å². The fraction of sp³-hybridized carbons (Fsp3) is 0.364. The van der Waals surface area contributed by atoms with Crippen LogP contribution in [0, 0.1) is 0 Å². The predicted molar refractivity (Wildman–Crippen MR) is 112 cm³/mol. The number of carbonyl (C=O) groups is 2. The van der Waals surface area contributed by atoms with Crippen molar-refractivity contribution in [1.29, 1.82) is 0 Å². The van der Waals surface area contributed by atoms with Gasteiger partial charge in [-0.3, -0.25) is 14.5 Å². The van der Waals surface area contributed by atoms with Gasteiger partial charge in [0.15, 0.2) is 0 Å². The second-order valence-corrected chi connectivity index (χ2v) is 6.80. The van der Waals surface area contributed by atoms with Crippen LogP contribution < -0.4 is 10.1 Å². The van der Waals surface area contributed by atoms with Gasteiger partial charge in [0.25, 0.3) is 5.91 Å². The first-order valence-electron chi connectivity index (χ1n) is 9.73. The molecule has 0 aliphatic heterocycles. The molecule has 0 radical (unpaired) electrons. The lowest BCUT2D eigenvalue weighted by molar-refractivity contribution is -0.117. The van der Waals surface area contributed by atoms with E-state index in [-0.39, 0.29) is 24.1 Å². The van der Waals surface area contributed by atoms with Gasteiger partial charge in [-0.15, -0.1) is 0 Å². The predicted octanol–water partition coefficient (Wildman–Crippen LogP) is 3.84. The van der Waals surface area contributed by atoms with Crippen LogP contribution >= 0.6 is 0 Å². The molecule has 2 aromatic rings. The van der Waals surface area contributed by atoms with E-state index in [9.17, 15) is 18.4 Å². The molecule has 162 valence electrons. The zero-order valence-electron chi connectivity index (χ0n) is 17.4. The van der Waals surface area contributed by atoms with E-state index in [4.69, 9.17) is 0 Å². The van der Waals surface area contributed by atoms with Gasteiger partial charge in [-0.1, -0.05) is 12.1 Å². The van der Waals surface area contributed by atoms with E-state index in [2.05, 4.69) is 10.1 Å². The summed E-state index contributed by atoms with van der Waals surface area (Å²) in [6.45, 7) is 2.90. The Balaban J connectivity index is 1.85. The quantitative estimate of drug-likeness (QED) is 0.636. The summed E-state index contributed by atoms with van der Waals surface area (Å²) in [5.41, 5.74) is 2.05. The average Bonchev–Trinajstić information content (AvgIpc) is 2.70. The van der Waals surface area contributed by atoms with Crippen LogP contribution in [0.1, 0.15) is 29.8 Å². The maximum Gasteiger partial charge on any atom is 0.387 e. The second-order valence-electron chi connectivity index (χ2n) is 6.80. The molecule has 0 fully saturated rings. The largest absolute Gasteiger partial charge is 0.435 e. The van der Waals surface area contributed by atoms with Crippen LogP contribution in [0.2, 0.25) is 0 Å². The minimum absolute atomic E-state index is 0.0393. The zero-order valence-corrected chi connectivity index (χ0v) is 17.4. The Morgan fingerprint density at radius 2 is 1.60 bits per heavy atom. The maximum absolute atomic E-state index is 12.3. The molecule has 0 heterocycles. The van der Waals surface area contributed by atoms with Crippen molar-refractivity contribution in [1.82, 2.24) is 9.80 Å². The van der Waals surface area contributed by atoms with Crippen molar-refractivity contribution < 1.29 is 23.1 Å². The van der Waals surface area contributed by atoms with Crippen LogP contribution in [0.15, 0.2) is 48.5 Å². The molecule has 0 saturated carbocycles. The third kappa shape index (κ3) is 7.11. The number of carbonyl (C=O) groups excluding carboxylic acids is 2. The normalized spacial score (nSPS) is 10.9. The molecule has 0 aliphatic rings. The van der Waals surface area contributed by atoms with E-state index in [0.717, 1.165) is 5.56 Å². The standard InChI is InChI=1S/C22H27F2N3O3/c1-4-27(5-2)21(29)17-8-10-18(11-9-17)25-20(28)15-26(3)14-16-6-12-19(13-7-16)30-22(23)24/h6-13,22H,4-5,14-15H2,1-3H3,(H,25,28). The van der Waals surface area contributed by atoms with Gasteiger partial charge >= 0.3 is 6.61 Å². The van der Waals surface area contributed by atoms with Crippen molar-refractivity contribution in [2.75, 3.05) is 32.0 Å². The van der Waals surface area contributed by atoms with Gasteiger partial charge in [-0.25, -0.2) is 0 Å². The van der Waals surface area contributed by atoms with Crippen molar-refractivity contribution in [2.24, 2.45) is 0 Å². The van der Waals surface area contributed by atoms with E-state index in [0.29, 0.717) is 30.9 Å². The second kappa shape index (κ2) is 11.3. The summed E-state index contributed by atoms with van der Waals surface area (Å²) in [7, 11) is 1.79. The van der Waals surface area contributed by atoms with E-state index in [1.807, 2.05) is 13.8 Å². The van der Waals surface area contributed by atoms with Gasteiger partial charge in [-0.2, -0.15) is 8.78 Å². The molecular formula is C22H27F2N3O3. The zero-order chi connectivity index (χ0) is 22.1. The molecule has 8 heteroatoms. The highest BCUT2D eigenvalue weighted by atomic mass is 19.3. The molecular weight excluding hydrogens is 392 g/mol. The Hall–Kier alpha value is -3.00. The summed E-state index contributed by atoms with van der Waals surface area (Å²) < 4.78 is 28.7. The van der Waals surface area contributed by atoms with Crippen LogP contribution in [-0.2, 0) is 11.3 Å². The van der Waals surface area contributed by atoms with Gasteiger partial charge in [0.1, 0.15) is 5.75 Å². The molecule has 1 N–H and O–H groups in total. The molecule has 0 unspecified atom stereocenters. The third-order valence-corrected chi connectivity index (χ3v) is 4.48. The Morgan fingerprint density at radius 1 is 1.00 bits per heavy atom. The molecule has 2 aromatic carbocycles. The number of amides is 2. The minimum atomic E-state index is -2.85. The highest BCUT2D eigenvalue weighted by Gasteiger charge is 2.13. The topological polar surface area (TPSA) is 61.9 Å². The van der Waals surface area contributed by atoms with E-state index >= 15 is 0 Å². The number of alkyl halides is 2. The van der Waals surface area contributed by atoms with Crippen LogP contribution in [0.3, 0.4) is 0 Å². The van der Waals surface area contributed by atoms with Gasteiger partial charge in [0, 0.05) is 30.9 Å². The molecule has 0 atom stereocenters. The van der Waals surface area contributed by atoms with Crippen molar-refractivity contribution in [3.05, 3.63) is 59.7 Å². The molecule has 0 aromatic heterocycles. The number of rotatable bonds is 10. The van der Waals surface area contributed by atoms with Crippen LogP contribution in [0.25, 0.3) is 0 Å². The number of benzene rings is 2. The Morgan fingerprint density at radius 3 is 2.13 bits per heavy atom. The average molecular weight is 419 g/mol. The minimum Gasteiger partial charge on any atom is -0.435 e. The van der Waals surface area contributed by atoms with Crippen LogP contribution in [-0.4, -0.2) is 54.9 Å². The van der Waals surface area contributed by atoms with E-state index in [1.54, 1.807) is 53.2 Å². The lowest BCUT2D eigenvalue weighted by atomic mass is 10.1. The number of hydrogen-bond acceptors (Lipinski definition) is 4. The smallest absolute Gasteiger partial charge is 0.387 e. The van der Waals surface area contributed by atoms with Crippen LogP contribution in [0.5, 0.6) is 5.75 Å². The molecule has 0 bridgehead atoms. The van der Waals surface area contributed by atoms with Crippen molar-refractivity contribution in [2.45, 2.75) is 27.0 Å². The molecule has 0 saturated heterocycles. The number of nitrogens with zero attached hydrogens (tertiary/aromatic N) is 2. The molecule has 0 spiro atoms. The number of hydrogen-bond donors (Lipinski definition) is 1. The first-order valence-corrected chi connectivity index (χ1v) is 9.73. The number of likely N-dealkylation sites (N-methyl/N-ethyl adjacent to an activating group) is 1. The third-order valence-electron chi connectivity index (χ3n) is 4.48. The number of anilines is 1. The highest BCUT2D eigenvalue weighted by Crippen LogP contribution is 2.16. The molecule has 0 aliphatic carbocycles. The SMILES string of the molecule is CCN(CC)C(=O)c1ccc(NC(=O)CN(C)Cc2ccc(OC(F)F)cc2)cc1. The van der Waals surface area contributed by atoms with Gasteiger partial charge in [0.2, 0.25) is 5.91 Å².